The number of nitrogens with two attached hydrogens (primary N) is 1. The Morgan fingerprint density at radius 3 is 2.75 bits per heavy atom. The first-order valence-electron chi connectivity index (χ1n) is 10.2. The molecule has 3 rings (SSSR count). The molecule has 0 radical (unpaired) electrons. The minimum absolute atomic E-state index is 0.0378. The predicted octanol–water partition coefficient (Wildman–Crippen LogP) is 3.24. The third-order valence-electron chi connectivity index (χ3n) is 4.97. The maximum absolute atomic E-state index is 13.3. The van der Waals surface area contributed by atoms with Gasteiger partial charge in [-0.15, -0.1) is 0 Å². The molecule has 0 spiro atoms. The number of para-hydroxylation sites is 1. The highest BCUT2D eigenvalue weighted by molar-refractivity contribution is 7.08. The first-order valence-corrected chi connectivity index (χ1v) is 11.2. The fraction of sp³-hybridized carbons (Fsp3) is 0.261. The molecule has 0 saturated carbocycles. The summed E-state index contributed by atoms with van der Waals surface area (Å²) in [6.45, 7) is 2.36. The van der Waals surface area contributed by atoms with Gasteiger partial charge in [0.15, 0.2) is 5.69 Å². The van der Waals surface area contributed by atoms with Crippen LogP contribution in [0.3, 0.4) is 0 Å². The van der Waals surface area contributed by atoms with Crippen molar-refractivity contribution in [1.29, 1.82) is 0 Å². The van der Waals surface area contributed by atoms with Gasteiger partial charge in [-0.05, 0) is 41.0 Å². The molecule has 0 atom stereocenters. The normalized spacial score (nSPS) is 11.1. The van der Waals surface area contributed by atoms with E-state index in [-0.39, 0.29) is 18.1 Å². The second kappa shape index (κ2) is 10.6. The first kappa shape index (κ1) is 23.1. The molecule has 3 N–H and O–H groups in total. The third kappa shape index (κ3) is 5.17. The van der Waals surface area contributed by atoms with Gasteiger partial charge in [-0.2, -0.15) is 11.3 Å². The van der Waals surface area contributed by atoms with Gasteiger partial charge in [0.25, 0.3) is 11.5 Å². The number of ether oxygens (including phenoxy) is 1. The number of carbonyl (C=O) groups is 1. The topological polar surface area (TPSA) is 110 Å². The number of rotatable bonds is 9. The van der Waals surface area contributed by atoms with Crippen molar-refractivity contribution in [3.05, 3.63) is 79.1 Å². The average Bonchev–Trinajstić information content (AvgIpc) is 3.30. The Bertz CT molecular complexity index is 1210. The molecule has 1 amide bonds. The number of carbonyl (C=O) groups excluding carboxylic acids is 1. The summed E-state index contributed by atoms with van der Waals surface area (Å²) in [5.41, 5.74) is 6.46. The summed E-state index contributed by atoms with van der Waals surface area (Å²) >= 11 is 1.51. The fourth-order valence-corrected chi connectivity index (χ4v) is 3.90. The molecule has 32 heavy (non-hydrogen) atoms. The molecule has 9 heteroatoms. The van der Waals surface area contributed by atoms with Gasteiger partial charge >= 0.3 is 5.69 Å². The number of aromatic nitrogens is 2. The number of nitrogens with zero attached hydrogens (tertiary/aromatic N) is 2. The molecule has 0 aliphatic heterocycles. The molecule has 2 heterocycles. The van der Waals surface area contributed by atoms with Crippen LogP contribution < -0.4 is 26.6 Å². The lowest BCUT2D eigenvalue weighted by Gasteiger charge is -2.24. The summed E-state index contributed by atoms with van der Waals surface area (Å²) < 4.78 is 6.71. The Morgan fingerprint density at radius 1 is 1.28 bits per heavy atom. The van der Waals surface area contributed by atoms with Crippen molar-refractivity contribution < 1.29 is 9.53 Å². The van der Waals surface area contributed by atoms with E-state index in [0.29, 0.717) is 24.3 Å². The zero-order valence-corrected chi connectivity index (χ0v) is 18.9. The molecule has 2 aromatic heterocycles. The maximum atomic E-state index is 13.3. The zero-order chi connectivity index (χ0) is 23.1. The average molecular weight is 455 g/mol. The van der Waals surface area contributed by atoms with Crippen molar-refractivity contribution in [2.24, 2.45) is 0 Å². The van der Waals surface area contributed by atoms with Crippen LogP contribution in [-0.4, -0.2) is 22.6 Å². The molecule has 0 unspecified atom stereocenters. The van der Waals surface area contributed by atoms with Crippen LogP contribution >= 0.6 is 11.3 Å². The Labute approximate surface area is 189 Å². The molecule has 168 valence electrons. The predicted molar refractivity (Wildman–Crippen MR) is 128 cm³/mol. The molecule has 0 bridgehead atoms. The number of amides is 1. The Balaban J connectivity index is 2.10. The van der Waals surface area contributed by atoms with Crippen molar-refractivity contribution in [3.63, 3.8) is 0 Å². The van der Waals surface area contributed by atoms with Crippen LogP contribution in [0.1, 0.15) is 30.9 Å². The van der Waals surface area contributed by atoms with E-state index in [0.717, 1.165) is 12.0 Å². The number of nitrogen functional groups attached to an aromatic ring is 1. The van der Waals surface area contributed by atoms with Crippen LogP contribution in [-0.2, 0) is 17.9 Å². The summed E-state index contributed by atoms with van der Waals surface area (Å²) in [4.78, 5) is 42.0. The van der Waals surface area contributed by atoms with Gasteiger partial charge in [-0.3, -0.25) is 24.0 Å². The number of methoxy groups -OCH3 is 1. The smallest absolute Gasteiger partial charge is 0.330 e. The Morgan fingerprint density at radius 2 is 2.06 bits per heavy atom. The summed E-state index contributed by atoms with van der Waals surface area (Å²) in [5, 5.41) is 3.81. The number of benzene rings is 1. The van der Waals surface area contributed by atoms with E-state index in [9.17, 15) is 14.4 Å². The fourth-order valence-electron chi connectivity index (χ4n) is 3.27. The standard InChI is InChI=1S/C23H26N4O4S/c1-3-4-12-26-21(24)20(22(29)25-23(26)30)27(14-17-7-5-6-8-18(17)31-2)19(28)10-9-16-11-13-32-15-16/h5-11,13,15H,3-4,12,14,24H2,1-2H3,(H,25,29,30). The largest absolute Gasteiger partial charge is 0.496 e. The summed E-state index contributed by atoms with van der Waals surface area (Å²) in [6.07, 6.45) is 4.60. The number of hydrogen-bond donors (Lipinski definition) is 2. The van der Waals surface area contributed by atoms with E-state index in [2.05, 4.69) is 4.98 Å². The van der Waals surface area contributed by atoms with E-state index >= 15 is 0 Å². The van der Waals surface area contributed by atoms with Crippen molar-refractivity contribution in [2.75, 3.05) is 17.7 Å². The molecule has 0 saturated heterocycles. The monoisotopic (exact) mass is 454 g/mol. The zero-order valence-electron chi connectivity index (χ0n) is 18.0. The van der Waals surface area contributed by atoms with Crippen molar-refractivity contribution in [3.8, 4) is 5.75 Å². The lowest BCUT2D eigenvalue weighted by atomic mass is 10.1. The van der Waals surface area contributed by atoms with E-state index in [1.54, 1.807) is 18.2 Å². The molecular formula is C23H26N4O4S. The summed E-state index contributed by atoms with van der Waals surface area (Å²) in [5.74, 6) is 0.0841. The Hall–Kier alpha value is -3.59. The molecule has 0 aliphatic rings. The number of hydrogen-bond acceptors (Lipinski definition) is 6. The third-order valence-corrected chi connectivity index (χ3v) is 5.67. The van der Waals surface area contributed by atoms with Crippen molar-refractivity contribution >= 4 is 34.8 Å². The number of aromatic amines is 1. The van der Waals surface area contributed by atoms with Crippen molar-refractivity contribution in [2.45, 2.75) is 32.9 Å². The van der Waals surface area contributed by atoms with Gasteiger partial charge < -0.3 is 10.5 Å². The number of thiophene rings is 1. The molecule has 8 nitrogen and oxygen atoms in total. The van der Waals surface area contributed by atoms with Gasteiger partial charge in [0, 0.05) is 18.2 Å². The molecule has 0 aliphatic carbocycles. The van der Waals surface area contributed by atoms with Gasteiger partial charge in [0.05, 0.1) is 13.7 Å². The maximum Gasteiger partial charge on any atom is 0.330 e. The molecule has 0 fully saturated rings. The molecular weight excluding hydrogens is 428 g/mol. The quantitative estimate of drug-likeness (QED) is 0.482. The first-order chi connectivity index (χ1) is 15.5. The van der Waals surface area contributed by atoms with Gasteiger partial charge in [0.2, 0.25) is 0 Å². The minimum atomic E-state index is -0.715. The van der Waals surface area contributed by atoms with Gasteiger partial charge in [-0.1, -0.05) is 31.5 Å². The van der Waals surface area contributed by atoms with Crippen LogP contribution in [0, 0.1) is 0 Å². The second-order valence-corrected chi connectivity index (χ2v) is 7.90. The van der Waals surface area contributed by atoms with Crippen molar-refractivity contribution in [1.82, 2.24) is 9.55 Å². The van der Waals surface area contributed by atoms with Gasteiger partial charge in [0.1, 0.15) is 11.6 Å². The highest BCUT2D eigenvalue weighted by atomic mass is 32.1. The lowest BCUT2D eigenvalue weighted by Crippen LogP contribution is -2.40. The van der Waals surface area contributed by atoms with E-state index in [1.165, 1.54) is 34.0 Å². The van der Waals surface area contributed by atoms with Crippen LogP contribution in [0.15, 0.2) is 56.8 Å². The van der Waals surface area contributed by atoms with Crippen LogP contribution in [0.5, 0.6) is 5.75 Å². The molecule has 3 aromatic rings. The highest BCUT2D eigenvalue weighted by Crippen LogP contribution is 2.25. The number of anilines is 2. The van der Waals surface area contributed by atoms with E-state index in [4.69, 9.17) is 10.5 Å². The summed E-state index contributed by atoms with van der Waals surface area (Å²) in [7, 11) is 1.54. The van der Waals surface area contributed by atoms with Crippen LogP contribution in [0.25, 0.3) is 6.08 Å². The minimum Gasteiger partial charge on any atom is -0.496 e. The van der Waals surface area contributed by atoms with E-state index < -0.39 is 17.2 Å². The summed E-state index contributed by atoms with van der Waals surface area (Å²) in [6, 6.07) is 9.09. The number of nitrogens with one attached hydrogen (secondary N) is 1. The molecule has 1 aromatic carbocycles. The number of unbranched alkanes of at least 4 members (excludes halogenated alkanes) is 1. The van der Waals surface area contributed by atoms with Crippen LogP contribution in [0.4, 0.5) is 11.5 Å². The highest BCUT2D eigenvalue weighted by Gasteiger charge is 2.24. The van der Waals surface area contributed by atoms with Gasteiger partial charge in [-0.25, -0.2) is 4.79 Å². The van der Waals surface area contributed by atoms with E-state index in [1.807, 2.05) is 35.9 Å². The SMILES string of the molecule is CCCCn1c(N)c(N(Cc2ccccc2OC)C(=O)C=Cc2ccsc2)c(=O)[nH]c1=O. The lowest BCUT2D eigenvalue weighted by molar-refractivity contribution is -0.114. The van der Waals surface area contributed by atoms with Crippen LogP contribution in [0.2, 0.25) is 0 Å². The second-order valence-electron chi connectivity index (χ2n) is 7.12. The number of H-pyrrole nitrogens is 1. The Kier molecular flexibility index (Phi) is 7.67.